The molecule has 1 atom stereocenters. The number of aryl methyl sites for hydroxylation is 1. The topological polar surface area (TPSA) is 106 Å². The normalized spacial score (nSPS) is 17.8. The number of pyridine rings is 1. The van der Waals surface area contributed by atoms with Crippen molar-refractivity contribution in [2.75, 3.05) is 4.72 Å². The van der Waals surface area contributed by atoms with Crippen LogP contribution in [0.3, 0.4) is 0 Å². The molecule has 11 heteroatoms. The van der Waals surface area contributed by atoms with Crippen LogP contribution in [0.4, 0.5) is 18.9 Å². The highest BCUT2D eigenvalue weighted by Crippen LogP contribution is 2.41. The largest absolute Gasteiger partial charge is 0.512 e. The Morgan fingerprint density at radius 2 is 1.68 bits per heavy atom. The van der Waals surface area contributed by atoms with Gasteiger partial charge in [0.2, 0.25) is 0 Å². The lowest BCUT2D eigenvalue weighted by Crippen LogP contribution is -2.41. The molecule has 0 spiro atoms. The van der Waals surface area contributed by atoms with Crippen molar-refractivity contribution in [1.82, 2.24) is 4.98 Å². The van der Waals surface area contributed by atoms with Gasteiger partial charge in [0.15, 0.2) is 5.03 Å². The van der Waals surface area contributed by atoms with Crippen molar-refractivity contribution in [2.24, 2.45) is 5.41 Å². The van der Waals surface area contributed by atoms with E-state index in [0.717, 1.165) is 30.0 Å². The number of esters is 1. The number of anilines is 1. The van der Waals surface area contributed by atoms with Crippen molar-refractivity contribution in [1.29, 1.82) is 0 Å². The highest BCUT2D eigenvalue weighted by molar-refractivity contribution is 7.92. The van der Waals surface area contributed by atoms with Crippen LogP contribution < -0.4 is 4.72 Å². The summed E-state index contributed by atoms with van der Waals surface area (Å²) in [6.45, 7) is 5.89. The molecule has 3 aromatic rings. The molecule has 7 nitrogen and oxygen atoms in total. The van der Waals surface area contributed by atoms with Gasteiger partial charge in [0, 0.05) is 18.3 Å². The van der Waals surface area contributed by atoms with Gasteiger partial charge in [-0.1, -0.05) is 69.7 Å². The highest BCUT2D eigenvalue weighted by atomic mass is 32.2. The number of halogens is 3. The maximum Gasteiger partial charge on any atom is 0.417 e. The van der Waals surface area contributed by atoms with E-state index in [1.807, 2.05) is 51.1 Å². The van der Waals surface area contributed by atoms with Gasteiger partial charge in [0.05, 0.1) is 11.1 Å². The number of aromatic nitrogens is 1. The Morgan fingerprint density at radius 1 is 0.977 bits per heavy atom. The van der Waals surface area contributed by atoms with Gasteiger partial charge in [-0.15, -0.1) is 0 Å². The lowest BCUT2D eigenvalue weighted by atomic mass is 9.77. The number of hydrogen-bond donors (Lipinski definition) is 2. The number of nitrogens with one attached hydrogen (secondary N) is 1. The summed E-state index contributed by atoms with van der Waals surface area (Å²) in [4.78, 5) is 16.8. The molecule has 1 aromatic heterocycles. The molecular formula is C33H37F3N2O5S. The summed E-state index contributed by atoms with van der Waals surface area (Å²) in [5.41, 5.74) is -0.00531. The second kappa shape index (κ2) is 13.0. The van der Waals surface area contributed by atoms with Crippen LogP contribution in [-0.4, -0.2) is 30.1 Å². The van der Waals surface area contributed by atoms with E-state index >= 15 is 0 Å². The van der Waals surface area contributed by atoms with E-state index in [9.17, 15) is 31.5 Å². The Labute approximate surface area is 256 Å². The monoisotopic (exact) mass is 630 g/mol. The highest BCUT2D eigenvalue weighted by Gasteiger charge is 2.42. The minimum atomic E-state index is -4.63. The average Bonchev–Trinajstić information content (AvgIpc) is 2.94. The third kappa shape index (κ3) is 8.40. The minimum absolute atomic E-state index is 0.0430. The standard InChI is InChI=1S/C33H37F3N2O5S/c1-4-16-32(17-15-23-9-6-5-7-10-23)21-28(39)27(30(40)43-32)20-31(2,3)19-24-11-8-12-26(18-24)38-44(41,42)29-14-13-25(22-37-29)33(34,35)36/h5-14,18,22,38-39H,4,15-17,19-21H2,1-3H3/t32-/m0/s1. The Morgan fingerprint density at radius 3 is 2.30 bits per heavy atom. The first-order valence-corrected chi connectivity index (χ1v) is 15.9. The van der Waals surface area contributed by atoms with Crippen LogP contribution in [0.2, 0.25) is 0 Å². The first-order valence-electron chi connectivity index (χ1n) is 14.4. The van der Waals surface area contributed by atoms with Crippen molar-refractivity contribution in [3.63, 3.8) is 0 Å². The summed E-state index contributed by atoms with van der Waals surface area (Å²) >= 11 is 0. The fraction of sp³-hybridized carbons (Fsp3) is 0.394. The molecule has 2 aromatic carbocycles. The Balaban J connectivity index is 1.45. The zero-order valence-corrected chi connectivity index (χ0v) is 25.8. The molecule has 0 unspecified atom stereocenters. The molecule has 2 heterocycles. The van der Waals surface area contributed by atoms with Crippen LogP contribution in [0, 0.1) is 5.41 Å². The van der Waals surface area contributed by atoms with E-state index in [0.29, 0.717) is 31.5 Å². The van der Waals surface area contributed by atoms with E-state index in [-0.39, 0.29) is 29.9 Å². The predicted molar refractivity (Wildman–Crippen MR) is 161 cm³/mol. The molecule has 0 aliphatic carbocycles. The van der Waals surface area contributed by atoms with Crippen molar-refractivity contribution in [3.8, 4) is 0 Å². The van der Waals surface area contributed by atoms with Crippen LogP contribution in [0.25, 0.3) is 0 Å². The van der Waals surface area contributed by atoms with E-state index < -0.39 is 43.8 Å². The Bertz CT molecular complexity index is 1600. The second-order valence-corrected chi connectivity index (χ2v) is 13.7. The lowest BCUT2D eigenvalue weighted by molar-refractivity contribution is -0.161. The number of cyclic esters (lactones) is 1. The molecule has 2 N–H and O–H groups in total. The number of carbonyl (C=O) groups is 1. The summed E-state index contributed by atoms with van der Waals surface area (Å²) in [5.74, 6) is -0.477. The Hall–Kier alpha value is -3.86. The molecule has 0 amide bonds. The van der Waals surface area contributed by atoms with Crippen LogP contribution in [0.15, 0.2) is 89.3 Å². The number of aliphatic hydroxyl groups excluding tert-OH is 1. The molecular weight excluding hydrogens is 593 g/mol. The molecule has 0 bridgehead atoms. The van der Waals surface area contributed by atoms with E-state index in [1.165, 1.54) is 6.07 Å². The minimum Gasteiger partial charge on any atom is -0.512 e. The molecule has 0 radical (unpaired) electrons. The van der Waals surface area contributed by atoms with Crippen molar-refractivity contribution in [2.45, 2.75) is 82.5 Å². The first-order chi connectivity index (χ1) is 20.6. The van der Waals surface area contributed by atoms with Gasteiger partial charge in [0.1, 0.15) is 11.4 Å². The number of nitrogens with zero attached hydrogens (tertiary/aromatic N) is 1. The van der Waals surface area contributed by atoms with Crippen molar-refractivity contribution >= 4 is 21.7 Å². The third-order valence-electron chi connectivity index (χ3n) is 7.67. The van der Waals surface area contributed by atoms with Gasteiger partial charge in [-0.3, -0.25) is 4.72 Å². The molecule has 4 rings (SSSR count). The van der Waals surface area contributed by atoms with Crippen molar-refractivity contribution < 1.29 is 36.2 Å². The number of ether oxygens (including phenoxy) is 1. The van der Waals surface area contributed by atoms with Gasteiger partial charge < -0.3 is 9.84 Å². The third-order valence-corrected chi connectivity index (χ3v) is 8.96. The summed E-state index contributed by atoms with van der Waals surface area (Å²) in [6, 6.07) is 18.0. The quantitative estimate of drug-likeness (QED) is 0.198. The van der Waals surface area contributed by atoms with E-state index in [4.69, 9.17) is 4.74 Å². The number of hydrogen-bond acceptors (Lipinski definition) is 6. The summed E-state index contributed by atoms with van der Waals surface area (Å²) in [5, 5.41) is 10.6. The van der Waals surface area contributed by atoms with Crippen LogP contribution >= 0.6 is 0 Å². The van der Waals surface area contributed by atoms with Crippen LogP contribution in [0.5, 0.6) is 0 Å². The summed E-state index contributed by atoms with van der Waals surface area (Å²) in [6.07, 6.45) is -0.486. The number of carbonyl (C=O) groups excluding carboxylic acids is 1. The zero-order valence-electron chi connectivity index (χ0n) is 24.9. The first kappa shape index (κ1) is 33.0. The average molecular weight is 631 g/mol. The van der Waals surface area contributed by atoms with Gasteiger partial charge in [-0.25, -0.2) is 9.78 Å². The second-order valence-electron chi connectivity index (χ2n) is 12.1. The molecule has 0 fully saturated rings. The number of benzene rings is 2. The molecule has 0 saturated carbocycles. The van der Waals surface area contributed by atoms with Gasteiger partial charge >= 0.3 is 12.1 Å². The van der Waals surface area contributed by atoms with Crippen molar-refractivity contribution in [3.05, 3.63) is 101 Å². The number of aliphatic hydroxyl groups is 1. The van der Waals surface area contributed by atoms with Gasteiger partial charge in [-0.05, 0) is 72.9 Å². The predicted octanol–water partition coefficient (Wildman–Crippen LogP) is 7.79. The fourth-order valence-corrected chi connectivity index (χ4v) is 6.61. The molecule has 0 saturated heterocycles. The van der Waals surface area contributed by atoms with Crippen LogP contribution in [0.1, 0.15) is 69.6 Å². The SMILES string of the molecule is CCC[C@]1(CCc2ccccc2)CC(O)=C(CC(C)(C)Cc2cccc(NS(=O)(=O)c3ccc(C(F)(F)F)cn3)c2)C(=O)O1. The molecule has 1 aliphatic rings. The summed E-state index contributed by atoms with van der Waals surface area (Å²) < 4.78 is 72.5. The fourth-order valence-electron chi connectivity index (χ4n) is 5.63. The maximum atomic E-state index is 13.3. The lowest BCUT2D eigenvalue weighted by Gasteiger charge is -2.38. The van der Waals surface area contributed by atoms with Crippen LogP contribution in [-0.2, 0) is 38.6 Å². The zero-order chi connectivity index (χ0) is 32.2. The number of rotatable bonds is 12. The molecule has 1 aliphatic heterocycles. The summed E-state index contributed by atoms with van der Waals surface area (Å²) in [7, 11) is -4.24. The van der Waals surface area contributed by atoms with Gasteiger partial charge in [-0.2, -0.15) is 21.6 Å². The van der Waals surface area contributed by atoms with E-state index in [1.54, 1.807) is 18.2 Å². The molecule has 44 heavy (non-hydrogen) atoms. The van der Waals surface area contributed by atoms with E-state index in [2.05, 4.69) is 9.71 Å². The molecule has 236 valence electrons. The smallest absolute Gasteiger partial charge is 0.417 e. The number of alkyl halides is 3. The van der Waals surface area contributed by atoms with Gasteiger partial charge in [0.25, 0.3) is 10.0 Å². The number of sulfonamides is 1. The maximum absolute atomic E-state index is 13.3. The Kier molecular flexibility index (Phi) is 9.77.